The van der Waals surface area contributed by atoms with Crippen LogP contribution >= 0.6 is 0 Å². The topological polar surface area (TPSA) is 112 Å². The van der Waals surface area contributed by atoms with Gasteiger partial charge in [-0.3, -0.25) is 9.59 Å². The van der Waals surface area contributed by atoms with Crippen molar-refractivity contribution < 1.29 is 19.1 Å². The number of benzene rings is 2. The second kappa shape index (κ2) is 11.1. The molecule has 0 saturated heterocycles. The fraction of sp³-hybridized carbons (Fsp3) is 0.360. The van der Waals surface area contributed by atoms with E-state index in [-0.39, 0.29) is 6.54 Å². The van der Waals surface area contributed by atoms with Crippen LogP contribution in [0.25, 0.3) is 0 Å². The SMILES string of the molecule is Cc1cccc(C)c1NC(=O)C(c1ccccc1)N(CC#N)C(=O)CNC(=O)OC(C)(C)C. The quantitative estimate of drug-likeness (QED) is 0.622. The summed E-state index contributed by atoms with van der Waals surface area (Å²) in [5.74, 6) is -1.05. The highest BCUT2D eigenvalue weighted by Gasteiger charge is 2.32. The second-order valence-corrected chi connectivity index (χ2v) is 8.60. The average Bonchev–Trinajstić information content (AvgIpc) is 2.74. The van der Waals surface area contributed by atoms with Crippen LogP contribution in [0.5, 0.6) is 0 Å². The third kappa shape index (κ3) is 7.35. The number of carbonyl (C=O) groups is 3. The minimum atomic E-state index is -1.07. The molecular formula is C25H30N4O4. The fourth-order valence-electron chi connectivity index (χ4n) is 3.27. The lowest BCUT2D eigenvalue weighted by atomic mass is 10.0. The number of para-hydroxylation sites is 1. The number of nitrogens with one attached hydrogen (secondary N) is 2. The fourth-order valence-corrected chi connectivity index (χ4v) is 3.27. The lowest BCUT2D eigenvalue weighted by Crippen LogP contribution is -2.46. The molecule has 0 saturated carbocycles. The molecule has 0 radical (unpaired) electrons. The number of nitrogens with zero attached hydrogens (tertiary/aromatic N) is 2. The number of ether oxygens (including phenoxy) is 1. The average molecular weight is 451 g/mol. The Hall–Kier alpha value is -3.86. The third-order valence-electron chi connectivity index (χ3n) is 4.75. The van der Waals surface area contributed by atoms with Gasteiger partial charge in [0.15, 0.2) is 0 Å². The van der Waals surface area contributed by atoms with Crippen molar-refractivity contribution in [3.8, 4) is 6.07 Å². The van der Waals surface area contributed by atoms with Crippen molar-refractivity contribution in [2.24, 2.45) is 0 Å². The van der Waals surface area contributed by atoms with Crippen molar-refractivity contribution in [2.45, 2.75) is 46.3 Å². The first kappa shape index (κ1) is 25.4. The Kier molecular flexibility index (Phi) is 8.57. The van der Waals surface area contributed by atoms with E-state index in [0.717, 1.165) is 16.0 Å². The lowest BCUT2D eigenvalue weighted by molar-refractivity contribution is -0.137. The van der Waals surface area contributed by atoms with Crippen LogP contribution in [0.2, 0.25) is 0 Å². The highest BCUT2D eigenvalue weighted by Crippen LogP contribution is 2.26. The number of hydrogen-bond acceptors (Lipinski definition) is 5. The number of rotatable bonds is 7. The van der Waals surface area contributed by atoms with Gasteiger partial charge in [0.2, 0.25) is 5.91 Å². The largest absolute Gasteiger partial charge is 0.444 e. The van der Waals surface area contributed by atoms with E-state index in [0.29, 0.717) is 11.3 Å². The molecule has 0 fully saturated rings. The van der Waals surface area contributed by atoms with Crippen molar-refractivity contribution in [3.63, 3.8) is 0 Å². The number of aryl methyl sites for hydroxylation is 2. The van der Waals surface area contributed by atoms with Crippen LogP contribution in [0.1, 0.15) is 43.5 Å². The monoisotopic (exact) mass is 450 g/mol. The smallest absolute Gasteiger partial charge is 0.408 e. The summed E-state index contributed by atoms with van der Waals surface area (Å²) in [5, 5.41) is 14.7. The van der Waals surface area contributed by atoms with Crippen molar-refractivity contribution >= 4 is 23.6 Å². The molecule has 0 aliphatic carbocycles. The van der Waals surface area contributed by atoms with Crippen LogP contribution in [0, 0.1) is 25.2 Å². The Morgan fingerprint density at radius 2 is 1.64 bits per heavy atom. The van der Waals surface area contributed by atoms with Gasteiger partial charge in [0, 0.05) is 5.69 Å². The molecule has 0 bridgehead atoms. The molecule has 2 rings (SSSR count). The van der Waals surface area contributed by atoms with Gasteiger partial charge in [0.25, 0.3) is 5.91 Å². The summed E-state index contributed by atoms with van der Waals surface area (Å²) in [6.07, 6.45) is -0.760. The standard InChI is InChI=1S/C25H30N4O4/c1-17-10-9-11-18(2)21(17)28-23(31)22(19-12-7-6-8-13-19)29(15-14-26)20(30)16-27-24(32)33-25(3,4)5/h6-13,22H,15-16H2,1-5H3,(H,27,32)(H,28,31). The molecule has 1 unspecified atom stereocenters. The van der Waals surface area contributed by atoms with Crippen molar-refractivity contribution in [1.82, 2.24) is 10.2 Å². The van der Waals surface area contributed by atoms with E-state index >= 15 is 0 Å². The molecule has 0 spiro atoms. The molecule has 0 aromatic heterocycles. The van der Waals surface area contributed by atoms with Crippen LogP contribution in [-0.4, -0.2) is 41.5 Å². The number of anilines is 1. The lowest BCUT2D eigenvalue weighted by Gasteiger charge is -2.30. The first-order valence-corrected chi connectivity index (χ1v) is 10.6. The number of carbonyl (C=O) groups excluding carboxylic acids is 3. The van der Waals surface area contributed by atoms with Crippen LogP contribution in [0.3, 0.4) is 0 Å². The summed E-state index contributed by atoms with van der Waals surface area (Å²) < 4.78 is 5.16. The van der Waals surface area contributed by atoms with E-state index in [2.05, 4.69) is 10.6 Å². The zero-order valence-corrected chi connectivity index (χ0v) is 19.6. The maximum absolute atomic E-state index is 13.4. The third-order valence-corrected chi connectivity index (χ3v) is 4.75. The van der Waals surface area contributed by atoms with E-state index in [9.17, 15) is 19.6 Å². The minimum absolute atomic E-state index is 0.339. The molecule has 8 heteroatoms. The van der Waals surface area contributed by atoms with Gasteiger partial charge in [-0.15, -0.1) is 0 Å². The summed E-state index contributed by atoms with van der Waals surface area (Å²) in [5.41, 5.74) is 2.22. The Labute approximate surface area is 194 Å². The molecule has 2 aromatic rings. The molecule has 1 atom stereocenters. The van der Waals surface area contributed by atoms with Crippen LogP contribution in [0.4, 0.5) is 10.5 Å². The first-order valence-electron chi connectivity index (χ1n) is 10.6. The summed E-state index contributed by atoms with van der Waals surface area (Å²) in [7, 11) is 0. The van der Waals surface area contributed by atoms with Gasteiger partial charge in [-0.05, 0) is 51.3 Å². The van der Waals surface area contributed by atoms with E-state index < -0.39 is 36.1 Å². The summed E-state index contributed by atoms with van der Waals surface area (Å²) >= 11 is 0. The highest BCUT2D eigenvalue weighted by molar-refractivity contribution is 5.99. The van der Waals surface area contributed by atoms with Crippen LogP contribution < -0.4 is 10.6 Å². The zero-order valence-electron chi connectivity index (χ0n) is 19.6. The van der Waals surface area contributed by atoms with Gasteiger partial charge in [-0.25, -0.2) is 4.79 Å². The van der Waals surface area contributed by atoms with Gasteiger partial charge < -0.3 is 20.3 Å². The van der Waals surface area contributed by atoms with E-state index in [1.807, 2.05) is 38.1 Å². The Balaban J connectivity index is 2.33. The highest BCUT2D eigenvalue weighted by atomic mass is 16.6. The van der Waals surface area contributed by atoms with Gasteiger partial charge >= 0.3 is 6.09 Å². The number of alkyl carbamates (subject to hydrolysis) is 1. The van der Waals surface area contributed by atoms with Crippen LogP contribution in [-0.2, 0) is 14.3 Å². The van der Waals surface area contributed by atoms with Crippen molar-refractivity contribution in [1.29, 1.82) is 5.26 Å². The number of nitriles is 1. The normalized spacial score (nSPS) is 11.6. The van der Waals surface area contributed by atoms with E-state index in [1.165, 1.54) is 0 Å². The van der Waals surface area contributed by atoms with E-state index in [4.69, 9.17) is 4.74 Å². The second-order valence-electron chi connectivity index (χ2n) is 8.60. The predicted molar refractivity (Wildman–Crippen MR) is 125 cm³/mol. The van der Waals surface area contributed by atoms with Gasteiger partial charge in [0.1, 0.15) is 24.7 Å². The predicted octanol–water partition coefficient (Wildman–Crippen LogP) is 3.86. The molecule has 2 aromatic carbocycles. The molecule has 8 nitrogen and oxygen atoms in total. The number of hydrogen-bond donors (Lipinski definition) is 2. The van der Waals surface area contributed by atoms with Crippen LogP contribution in [0.15, 0.2) is 48.5 Å². The first-order chi connectivity index (χ1) is 15.5. The molecular weight excluding hydrogens is 420 g/mol. The summed E-state index contributed by atoms with van der Waals surface area (Å²) in [6.45, 7) is 8.12. The van der Waals surface area contributed by atoms with Crippen molar-refractivity contribution in [2.75, 3.05) is 18.4 Å². The van der Waals surface area contributed by atoms with Crippen molar-refractivity contribution in [3.05, 3.63) is 65.2 Å². The Morgan fingerprint density at radius 1 is 1.03 bits per heavy atom. The maximum atomic E-state index is 13.4. The molecule has 174 valence electrons. The molecule has 3 amide bonds. The number of amides is 3. The Morgan fingerprint density at radius 3 is 2.18 bits per heavy atom. The molecule has 2 N–H and O–H groups in total. The molecule has 33 heavy (non-hydrogen) atoms. The van der Waals surface area contributed by atoms with Gasteiger partial charge in [-0.2, -0.15) is 5.26 Å². The van der Waals surface area contributed by atoms with E-state index in [1.54, 1.807) is 51.1 Å². The minimum Gasteiger partial charge on any atom is -0.444 e. The molecule has 0 aliphatic heterocycles. The van der Waals surface area contributed by atoms with Gasteiger partial charge in [-0.1, -0.05) is 48.5 Å². The summed E-state index contributed by atoms with van der Waals surface area (Å²) in [6, 6.07) is 15.3. The molecule has 0 heterocycles. The maximum Gasteiger partial charge on any atom is 0.408 e. The zero-order chi connectivity index (χ0) is 24.6. The summed E-state index contributed by atoms with van der Waals surface area (Å²) in [4.78, 5) is 39.6. The van der Waals surface area contributed by atoms with Gasteiger partial charge in [0.05, 0.1) is 6.07 Å². The Bertz CT molecular complexity index is 1020. The molecule has 0 aliphatic rings.